The lowest BCUT2D eigenvalue weighted by atomic mass is 9.94. The fourth-order valence-corrected chi connectivity index (χ4v) is 3.38. The molecule has 4 heteroatoms. The second-order valence-electron chi connectivity index (χ2n) is 4.91. The first-order chi connectivity index (χ1) is 7.79. The molecule has 1 amide bonds. The van der Waals surface area contributed by atoms with Crippen LogP contribution >= 0.6 is 11.8 Å². The molecule has 0 aromatic carbocycles. The summed E-state index contributed by atoms with van der Waals surface area (Å²) in [5.74, 6) is 0.496. The van der Waals surface area contributed by atoms with E-state index in [4.69, 9.17) is 0 Å². The summed E-state index contributed by atoms with van der Waals surface area (Å²) in [6, 6.07) is 0.441. The number of nitrogens with one attached hydrogen (secondary N) is 2. The summed E-state index contributed by atoms with van der Waals surface area (Å²) in [6.45, 7) is 1.86. The lowest BCUT2D eigenvalue weighted by molar-refractivity contribution is -0.125. The second-order valence-corrected chi connectivity index (χ2v) is 6.05. The second kappa shape index (κ2) is 5.92. The van der Waals surface area contributed by atoms with Crippen LogP contribution in [0, 0.1) is 5.92 Å². The molecule has 2 rings (SSSR count). The van der Waals surface area contributed by atoms with E-state index in [2.05, 4.69) is 16.9 Å². The van der Waals surface area contributed by atoms with Crippen molar-refractivity contribution >= 4 is 17.7 Å². The highest BCUT2D eigenvalue weighted by Crippen LogP contribution is 2.27. The molecule has 1 atom stereocenters. The monoisotopic (exact) mass is 242 g/mol. The van der Waals surface area contributed by atoms with Gasteiger partial charge in [0.1, 0.15) is 0 Å². The van der Waals surface area contributed by atoms with Crippen LogP contribution in [0.5, 0.6) is 0 Å². The Morgan fingerprint density at radius 3 is 2.56 bits per heavy atom. The summed E-state index contributed by atoms with van der Waals surface area (Å²) < 4.78 is 0. The first kappa shape index (κ1) is 12.2. The summed E-state index contributed by atoms with van der Waals surface area (Å²) in [5, 5.41) is 7.28. The Kier molecular flexibility index (Phi) is 4.53. The highest BCUT2D eigenvalue weighted by molar-refractivity contribution is 7.99. The molecule has 0 aromatic heterocycles. The number of rotatable bonds is 3. The number of carbonyl (C=O) groups is 1. The molecule has 2 N–H and O–H groups in total. The zero-order valence-electron chi connectivity index (χ0n) is 10.00. The maximum Gasteiger partial charge on any atom is 0.224 e. The molecule has 3 nitrogen and oxygen atoms in total. The number of carbonyl (C=O) groups excluding carboxylic acids is 1. The van der Waals surface area contributed by atoms with Gasteiger partial charge in [-0.05, 0) is 44.9 Å². The van der Waals surface area contributed by atoms with Gasteiger partial charge >= 0.3 is 0 Å². The summed E-state index contributed by atoms with van der Waals surface area (Å²) >= 11 is 1.97. The minimum atomic E-state index is 0.221. The lowest BCUT2D eigenvalue weighted by Gasteiger charge is -2.28. The molecule has 1 unspecified atom stereocenters. The Hall–Kier alpha value is -0.220. The van der Waals surface area contributed by atoms with Gasteiger partial charge in [-0.15, -0.1) is 0 Å². The van der Waals surface area contributed by atoms with Crippen LogP contribution in [0.3, 0.4) is 0 Å². The Morgan fingerprint density at radius 1 is 1.25 bits per heavy atom. The minimum Gasteiger partial charge on any atom is -0.353 e. The van der Waals surface area contributed by atoms with Gasteiger partial charge in [0.05, 0.1) is 5.92 Å². The van der Waals surface area contributed by atoms with Gasteiger partial charge in [0.2, 0.25) is 5.91 Å². The molecule has 0 spiro atoms. The molecule has 2 aliphatic rings. The van der Waals surface area contributed by atoms with Crippen LogP contribution in [0.2, 0.25) is 0 Å². The van der Waals surface area contributed by atoms with E-state index in [0.717, 1.165) is 37.6 Å². The van der Waals surface area contributed by atoms with Crippen LogP contribution in [0.4, 0.5) is 0 Å². The van der Waals surface area contributed by atoms with Crippen molar-refractivity contribution in [3.8, 4) is 0 Å². The van der Waals surface area contributed by atoms with Crippen LogP contribution in [0.15, 0.2) is 0 Å². The largest absolute Gasteiger partial charge is 0.353 e. The molecule has 1 aliphatic heterocycles. The molecule has 16 heavy (non-hydrogen) atoms. The number of hydrogen-bond donors (Lipinski definition) is 2. The van der Waals surface area contributed by atoms with E-state index in [1.54, 1.807) is 0 Å². The molecule has 1 saturated heterocycles. The fourth-order valence-electron chi connectivity index (χ4n) is 2.64. The van der Waals surface area contributed by atoms with Gasteiger partial charge < -0.3 is 10.6 Å². The van der Waals surface area contributed by atoms with Crippen molar-refractivity contribution in [1.82, 2.24) is 10.6 Å². The smallest absolute Gasteiger partial charge is 0.224 e. The zero-order chi connectivity index (χ0) is 11.4. The number of thioether (sulfide) groups is 1. The van der Waals surface area contributed by atoms with Gasteiger partial charge in [-0.1, -0.05) is 0 Å². The summed E-state index contributed by atoms with van der Waals surface area (Å²) in [6.07, 6.45) is 8.04. The summed E-state index contributed by atoms with van der Waals surface area (Å²) in [5.41, 5.74) is 0. The van der Waals surface area contributed by atoms with Crippen LogP contribution < -0.4 is 10.6 Å². The van der Waals surface area contributed by atoms with Gasteiger partial charge in [0, 0.05) is 17.8 Å². The first-order valence-electron chi connectivity index (χ1n) is 6.33. The third kappa shape index (κ3) is 3.14. The van der Waals surface area contributed by atoms with Crippen molar-refractivity contribution < 1.29 is 4.79 Å². The third-order valence-corrected chi connectivity index (χ3v) is 4.92. The molecule has 2 fully saturated rings. The van der Waals surface area contributed by atoms with E-state index in [0.29, 0.717) is 6.04 Å². The minimum absolute atomic E-state index is 0.221. The van der Waals surface area contributed by atoms with E-state index in [9.17, 15) is 4.79 Å². The van der Waals surface area contributed by atoms with Crippen molar-refractivity contribution in [3.63, 3.8) is 0 Å². The molecule has 0 radical (unpaired) electrons. The van der Waals surface area contributed by atoms with Crippen molar-refractivity contribution in [3.05, 3.63) is 0 Å². The standard InChI is InChI=1S/C12H22N2OS/c1-16-11-4-2-10(3-5-11)14-12(15)9-6-7-13-8-9/h9-11,13H,2-8H2,1H3,(H,14,15). The van der Waals surface area contributed by atoms with E-state index in [1.807, 2.05) is 11.8 Å². The lowest BCUT2D eigenvalue weighted by Crippen LogP contribution is -2.41. The van der Waals surface area contributed by atoms with Gasteiger partial charge in [-0.3, -0.25) is 4.79 Å². The molecule has 0 bridgehead atoms. The quantitative estimate of drug-likeness (QED) is 0.786. The third-order valence-electron chi connectivity index (χ3n) is 3.79. The van der Waals surface area contributed by atoms with Crippen molar-refractivity contribution in [2.45, 2.75) is 43.4 Å². The Morgan fingerprint density at radius 2 is 2.00 bits per heavy atom. The summed E-state index contributed by atoms with van der Waals surface area (Å²) in [7, 11) is 0. The Bertz CT molecular complexity index is 233. The van der Waals surface area contributed by atoms with Crippen LogP contribution in [0.25, 0.3) is 0 Å². The SMILES string of the molecule is CSC1CCC(NC(=O)C2CCNC2)CC1. The summed E-state index contributed by atoms with van der Waals surface area (Å²) in [4.78, 5) is 11.9. The Labute approximate surface area is 102 Å². The van der Waals surface area contributed by atoms with E-state index < -0.39 is 0 Å². The van der Waals surface area contributed by atoms with Crippen molar-refractivity contribution in [2.24, 2.45) is 5.92 Å². The topological polar surface area (TPSA) is 41.1 Å². The van der Waals surface area contributed by atoms with E-state index in [-0.39, 0.29) is 11.8 Å². The molecule has 0 aromatic rings. The number of hydrogen-bond acceptors (Lipinski definition) is 3. The average molecular weight is 242 g/mol. The molecule has 92 valence electrons. The molecule has 1 saturated carbocycles. The van der Waals surface area contributed by atoms with Crippen LogP contribution in [-0.4, -0.2) is 36.5 Å². The fraction of sp³-hybridized carbons (Fsp3) is 0.917. The normalized spacial score (nSPS) is 34.9. The molecular formula is C12H22N2OS. The van der Waals surface area contributed by atoms with Crippen molar-refractivity contribution in [1.29, 1.82) is 0 Å². The van der Waals surface area contributed by atoms with Gasteiger partial charge in [0.25, 0.3) is 0 Å². The van der Waals surface area contributed by atoms with E-state index in [1.165, 1.54) is 12.8 Å². The van der Waals surface area contributed by atoms with Gasteiger partial charge in [0.15, 0.2) is 0 Å². The highest BCUT2D eigenvalue weighted by atomic mass is 32.2. The number of amides is 1. The molecule has 1 aliphatic carbocycles. The van der Waals surface area contributed by atoms with Crippen LogP contribution in [0.1, 0.15) is 32.1 Å². The molecular weight excluding hydrogens is 220 g/mol. The first-order valence-corrected chi connectivity index (χ1v) is 7.62. The Balaban J connectivity index is 1.71. The predicted octanol–water partition coefficient (Wildman–Crippen LogP) is 1.39. The molecule has 1 heterocycles. The van der Waals surface area contributed by atoms with E-state index >= 15 is 0 Å². The van der Waals surface area contributed by atoms with Gasteiger partial charge in [-0.2, -0.15) is 11.8 Å². The predicted molar refractivity (Wildman–Crippen MR) is 68.7 cm³/mol. The maximum atomic E-state index is 11.9. The maximum absolute atomic E-state index is 11.9. The van der Waals surface area contributed by atoms with Crippen LogP contribution in [-0.2, 0) is 4.79 Å². The van der Waals surface area contributed by atoms with Crippen molar-refractivity contribution in [2.75, 3.05) is 19.3 Å². The average Bonchev–Trinajstić information content (AvgIpc) is 2.83. The zero-order valence-corrected chi connectivity index (χ0v) is 10.8. The highest BCUT2D eigenvalue weighted by Gasteiger charge is 2.26. The van der Waals surface area contributed by atoms with Gasteiger partial charge in [-0.25, -0.2) is 0 Å².